The van der Waals surface area contributed by atoms with Gasteiger partial charge in [0.15, 0.2) is 0 Å². The summed E-state index contributed by atoms with van der Waals surface area (Å²) in [7, 11) is 0. The van der Waals surface area contributed by atoms with Gasteiger partial charge in [-0.15, -0.1) is 0 Å². The van der Waals surface area contributed by atoms with Gasteiger partial charge in [0.25, 0.3) is 0 Å². The van der Waals surface area contributed by atoms with E-state index in [0.29, 0.717) is 13.2 Å². The number of carboxylic acid groups (broad SMARTS) is 1. The minimum absolute atomic E-state index is 0.0788. The smallest absolute Gasteiger partial charge is 0.304 e. The average molecular weight is 505 g/mol. The lowest BCUT2D eigenvalue weighted by atomic mass is 9.95. The second-order valence-corrected chi connectivity index (χ2v) is 10.4. The highest BCUT2D eigenvalue weighted by Crippen LogP contribution is 2.39. The largest absolute Gasteiger partial charge is 0.494 e. The summed E-state index contributed by atoms with van der Waals surface area (Å²) in [6.45, 7) is 1.61. The lowest BCUT2D eigenvalue weighted by Gasteiger charge is -2.14. The molecule has 1 heterocycles. The van der Waals surface area contributed by atoms with Gasteiger partial charge in [-0.2, -0.15) is 11.8 Å². The summed E-state index contributed by atoms with van der Waals surface area (Å²) in [4.78, 5) is 11.1. The Morgan fingerprint density at radius 3 is 2.69 bits per heavy atom. The molecule has 0 saturated heterocycles. The number of aliphatic carboxylic acids is 1. The van der Waals surface area contributed by atoms with E-state index in [1.807, 2.05) is 30.0 Å². The van der Waals surface area contributed by atoms with Crippen LogP contribution in [0.1, 0.15) is 47.4 Å². The maximum absolute atomic E-state index is 11.1. The topological polar surface area (TPSA) is 65.0 Å². The van der Waals surface area contributed by atoms with Gasteiger partial charge in [0.05, 0.1) is 19.6 Å². The van der Waals surface area contributed by atoms with Crippen LogP contribution in [0.4, 0.5) is 0 Å². The van der Waals surface area contributed by atoms with Crippen LogP contribution in [0.5, 0.6) is 17.2 Å². The van der Waals surface area contributed by atoms with Crippen molar-refractivity contribution in [1.29, 1.82) is 0 Å². The number of hydrogen-bond donors (Lipinski definition) is 1. The summed E-state index contributed by atoms with van der Waals surface area (Å²) in [6.07, 6.45) is 6.51. The molecule has 188 valence electrons. The monoisotopic (exact) mass is 504 g/mol. The molecule has 0 saturated carbocycles. The van der Waals surface area contributed by atoms with Gasteiger partial charge in [-0.3, -0.25) is 4.79 Å². The Labute approximate surface area is 216 Å². The summed E-state index contributed by atoms with van der Waals surface area (Å²) in [5.74, 6) is 2.62. The van der Waals surface area contributed by atoms with Crippen LogP contribution in [0.15, 0.2) is 54.6 Å². The minimum Gasteiger partial charge on any atom is -0.494 e. The first-order chi connectivity index (χ1) is 17.6. The molecule has 1 unspecified atom stereocenters. The van der Waals surface area contributed by atoms with Gasteiger partial charge < -0.3 is 19.3 Å². The predicted octanol–water partition coefficient (Wildman–Crippen LogP) is 6.50. The molecule has 0 radical (unpaired) electrons. The summed E-state index contributed by atoms with van der Waals surface area (Å²) < 4.78 is 17.8. The van der Waals surface area contributed by atoms with Crippen molar-refractivity contribution >= 4 is 17.7 Å². The molecule has 3 aromatic carbocycles. The molecule has 5 nitrogen and oxygen atoms in total. The minimum atomic E-state index is -0.809. The van der Waals surface area contributed by atoms with Gasteiger partial charge in [-0.1, -0.05) is 24.3 Å². The van der Waals surface area contributed by atoms with Crippen molar-refractivity contribution in [3.8, 4) is 28.4 Å². The van der Waals surface area contributed by atoms with Gasteiger partial charge in [0.1, 0.15) is 23.9 Å². The zero-order chi connectivity index (χ0) is 24.9. The van der Waals surface area contributed by atoms with Crippen LogP contribution in [0, 0.1) is 0 Å². The highest BCUT2D eigenvalue weighted by Gasteiger charge is 2.26. The van der Waals surface area contributed by atoms with Crippen LogP contribution in [0.2, 0.25) is 0 Å². The summed E-state index contributed by atoms with van der Waals surface area (Å²) in [5.41, 5.74) is 7.35. The zero-order valence-corrected chi connectivity index (χ0v) is 21.4. The Bertz CT molecular complexity index is 1240. The SMILES string of the molecule is CSCCCOc1ccc2c(c1)CCCc1ccc(COc3ccc4c(c3)OCC4CC(=O)O)cc1-2. The molecule has 0 aromatic heterocycles. The fourth-order valence-electron chi connectivity index (χ4n) is 5.07. The van der Waals surface area contributed by atoms with E-state index in [1.165, 1.54) is 22.3 Å². The predicted molar refractivity (Wildman–Crippen MR) is 144 cm³/mol. The second kappa shape index (κ2) is 11.3. The molecule has 1 atom stereocenters. The molecule has 1 aliphatic carbocycles. The number of hydrogen-bond acceptors (Lipinski definition) is 5. The van der Waals surface area contributed by atoms with E-state index < -0.39 is 5.97 Å². The van der Waals surface area contributed by atoms with E-state index in [0.717, 1.165) is 66.4 Å². The van der Waals surface area contributed by atoms with Crippen molar-refractivity contribution in [3.05, 3.63) is 76.9 Å². The van der Waals surface area contributed by atoms with Crippen molar-refractivity contribution in [1.82, 2.24) is 0 Å². The van der Waals surface area contributed by atoms with Crippen LogP contribution >= 0.6 is 11.8 Å². The molecular formula is C30H32O5S. The third kappa shape index (κ3) is 5.65. The third-order valence-electron chi connectivity index (χ3n) is 6.89. The number of benzene rings is 3. The van der Waals surface area contributed by atoms with E-state index in [2.05, 4.69) is 42.7 Å². The zero-order valence-electron chi connectivity index (χ0n) is 20.6. The first-order valence-electron chi connectivity index (χ1n) is 12.6. The van der Waals surface area contributed by atoms with E-state index in [1.54, 1.807) is 0 Å². The standard InChI is InChI=1S/C30H32O5S/c1-36-13-3-12-33-24-8-10-26-22(15-24)5-2-4-21-7-6-20(14-28(21)26)18-34-25-9-11-27-23(16-30(31)32)19-35-29(27)17-25/h6-11,14-15,17,23H,2-5,12-13,16,18-19H2,1H3,(H,31,32). The van der Waals surface area contributed by atoms with Crippen LogP contribution in [-0.2, 0) is 24.2 Å². The molecule has 36 heavy (non-hydrogen) atoms. The van der Waals surface area contributed by atoms with Gasteiger partial charge in [0, 0.05) is 17.5 Å². The number of carboxylic acids is 1. The number of rotatable bonds is 10. The highest BCUT2D eigenvalue weighted by molar-refractivity contribution is 7.98. The van der Waals surface area contributed by atoms with Crippen molar-refractivity contribution in [2.45, 2.75) is 44.6 Å². The molecule has 5 rings (SSSR count). The number of aryl methyl sites for hydroxylation is 2. The number of carbonyl (C=O) groups is 1. The van der Waals surface area contributed by atoms with Gasteiger partial charge in [0.2, 0.25) is 0 Å². The van der Waals surface area contributed by atoms with Crippen molar-refractivity contribution in [2.75, 3.05) is 25.2 Å². The molecule has 1 aliphatic heterocycles. The molecule has 0 bridgehead atoms. The van der Waals surface area contributed by atoms with Crippen molar-refractivity contribution < 1.29 is 24.1 Å². The fraction of sp³-hybridized carbons (Fsp3) is 0.367. The normalized spacial score (nSPS) is 15.8. The van der Waals surface area contributed by atoms with Gasteiger partial charge in [-0.25, -0.2) is 0 Å². The molecular weight excluding hydrogens is 472 g/mol. The van der Waals surface area contributed by atoms with Crippen molar-refractivity contribution in [3.63, 3.8) is 0 Å². The first-order valence-corrected chi connectivity index (χ1v) is 14.0. The van der Waals surface area contributed by atoms with E-state index in [4.69, 9.17) is 19.3 Å². The Morgan fingerprint density at radius 1 is 1.00 bits per heavy atom. The molecule has 0 fully saturated rings. The van der Waals surface area contributed by atoms with E-state index >= 15 is 0 Å². The molecule has 6 heteroatoms. The quantitative estimate of drug-likeness (QED) is 0.318. The molecule has 3 aromatic rings. The van der Waals surface area contributed by atoms with Crippen LogP contribution in [0.25, 0.3) is 11.1 Å². The molecule has 0 amide bonds. The second-order valence-electron chi connectivity index (χ2n) is 9.45. The lowest BCUT2D eigenvalue weighted by Crippen LogP contribution is -2.07. The Balaban J connectivity index is 1.29. The number of fused-ring (bicyclic) bond motifs is 4. The first kappa shape index (κ1) is 24.6. The molecule has 2 aliphatic rings. The number of ether oxygens (including phenoxy) is 3. The molecule has 1 N–H and O–H groups in total. The van der Waals surface area contributed by atoms with Crippen molar-refractivity contribution in [2.24, 2.45) is 0 Å². The van der Waals surface area contributed by atoms with E-state index in [-0.39, 0.29) is 12.3 Å². The summed E-state index contributed by atoms with van der Waals surface area (Å²) in [5, 5.41) is 9.11. The Hall–Kier alpha value is -3.12. The summed E-state index contributed by atoms with van der Waals surface area (Å²) in [6, 6.07) is 18.9. The average Bonchev–Trinajstić information content (AvgIpc) is 3.17. The number of thioether (sulfide) groups is 1. The maximum Gasteiger partial charge on any atom is 0.304 e. The van der Waals surface area contributed by atoms with Crippen LogP contribution < -0.4 is 14.2 Å². The Kier molecular flexibility index (Phi) is 7.71. The Morgan fingerprint density at radius 2 is 1.83 bits per heavy atom. The highest BCUT2D eigenvalue weighted by atomic mass is 32.2. The van der Waals surface area contributed by atoms with Gasteiger partial charge in [-0.05, 0) is 89.8 Å². The fourth-order valence-corrected chi connectivity index (χ4v) is 5.47. The van der Waals surface area contributed by atoms with E-state index in [9.17, 15) is 4.79 Å². The molecule has 0 spiro atoms. The van der Waals surface area contributed by atoms with Crippen LogP contribution in [0.3, 0.4) is 0 Å². The lowest BCUT2D eigenvalue weighted by molar-refractivity contribution is -0.137. The van der Waals surface area contributed by atoms with Crippen LogP contribution in [-0.4, -0.2) is 36.3 Å². The summed E-state index contributed by atoms with van der Waals surface area (Å²) >= 11 is 1.85. The maximum atomic E-state index is 11.1. The van der Waals surface area contributed by atoms with Gasteiger partial charge >= 0.3 is 5.97 Å². The third-order valence-corrected chi connectivity index (χ3v) is 7.58.